The van der Waals surface area contributed by atoms with Crippen LogP contribution >= 0.6 is 11.3 Å². The van der Waals surface area contributed by atoms with Gasteiger partial charge >= 0.3 is 6.09 Å². The number of rotatable bonds is 5. The number of anilines is 2. The highest BCUT2D eigenvalue weighted by Gasteiger charge is 2.26. The monoisotopic (exact) mass is 401 g/mol. The lowest BCUT2D eigenvalue weighted by atomic mass is 10.1. The number of nitrogens with one attached hydrogen (secondary N) is 1. The molecule has 1 aliphatic heterocycles. The van der Waals surface area contributed by atoms with Gasteiger partial charge in [0, 0.05) is 17.5 Å². The zero-order valence-electron chi connectivity index (χ0n) is 15.9. The fourth-order valence-corrected chi connectivity index (χ4v) is 4.15. The average Bonchev–Trinajstić information content (AvgIpc) is 3.01. The largest absolute Gasteiger partial charge is 0.497 e. The number of hydrogen-bond acceptors (Lipinski definition) is 6. The standard InChI is InChI=1S/C20H23N3O4S/c1-3-27-20(25)23-10-9-15-16(12-23)28-19(18(15)21)22-17(24)8-7-13-5-4-6-14(11-13)26-2/h4-8,11H,3,9-10,12,21H2,1-2H3,(H,22,24)/b8-7+. The van der Waals surface area contributed by atoms with E-state index in [0.29, 0.717) is 36.8 Å². The summed E-state index contributed by atoms with van der Waals surface area (Å²) < 4.78 is 10.2. The lowest BCUT2D eigenvalue weighted by Crippen LogP contribution is -2.35. The number of carbonyl (C=O) groups excluding carboxylic acids is 2. The van der Waals surface area contributed by atoms with Crippen LogP contribution in [0.15, 0.2) is 30.3 Å². The first-order chi connectivity index (χ1) is 13.5. The maximum Gasteiger partial charge on any atom is 0.410 e. The summed E-state index contributed by atoms with van der Waals surface area (Å²) in [7, 11) is 1.60. The van der Waals surface area contributed by atoms with Gasteiger partial charge in [-0.1, -0.05) is 12.1 Å². The van der Waals surface area contributed by atoms with Crippen LogP contribution in [0.25, 0.3) is 6.08 Å². The van der Waals surface area contributed by atoms with Crippen molar-refractivity contribution in [3.8, 4) is 5.75 Å². The number of ether oxygens (including phenoxy) is 2. The van der Waals surface area contributed by atoms with Crippen LogP contribution in [0.2, 0.25) is 0 Å². The van der Waals surface area contributed by atoms with Crippen LogP contribution in [0, 0.1) is 0 Å². The topological polar surface area (TPSA) is 93.9 Å². The molecule has 8 heteroatoms. The van der Waals surface area contributed by atoms with Gasteiger partial charge in [-0.3, -0.25) is 4.79 Å². The van der Waals surface area contributed by atoms with E-state index in [1.54, 1.807) is 25.0 Å². The van der Waals surface area contributed by atoms with E-state index in [9.17, 15) is 9.59 Å². The van der Waals surface area contributed by atoms with Gasteiger partial charge in [-0.15, -0.1) is 11.3 Å². The Bertz CT molecular complexity index is 907. The molecule has 0 aliphatic carbocycles. The van der Waals surface area contributed by atoms with Crippen LogP contribution in [-0.2, 0) is 22.5 Å². The number of hydrogen-bond donors (Lipinski definition) is 2. The highest BCUT2D eigenvalue weighted by Crippen LogP contribution is 2.39. The molecule has 0 spiro atoms. The Labute approximate surface area is 167 Å². The molecule has 1 aliphatic rings. The van der Waals surface area contributed by atoms with E-state index >= 15 is 0 Å². The van der Waals surface area contributed by atoms with Crippen LogP contribution in [-0.4, -0.2) is 37.2 Å². The molecular formula is C20H23N3O4S. The van der Waals surface area contributed by atoms with Crippen LogP contribution < -0.4 is 15.8 Å². The number of fused-ring (bicyclic) bond motifs is 1. The summed E-state index contributed by atoms with van der Waals surface area (Å²) >= 11 is 1.40. The molecule has 1 aromatic carbocycles. The maximum atomic E-state index is 12.3. The summed E-state index contributed by atoms with van der Waals surface area (Å²) in [6.07, 6.45) is 3.49. The first-order valence-corrected chi connectivity index (χ1v) is 9.78. The third-order valence-electron chi connectivity index (χ3n) is 4.38. The summed E-state index contributed by atoms with van der Waals surface area (Å²) in [5.74, 6) is 0.458. The third kappa shape index (κ3) is 4.45. The van der Waals surface area contributed by atoms with Gasteiger partial charge in [0.05, 0.1) is 25.9 Å². The van der Waals surface area contributed by atoms with Crippen molar-refractivity contribution in [2.24, 2.45) is 0 Å². The molecule has 0 unspecified atom stereocenters. The lowest BCUT2D eigenvalue weighted by Gasteiger charge is -2.26. The van der Waals surface area contributed by atoms with Gasteiger partial charge < -0.3 is 25.4 Å². The van der Waals surface area contributed by atoms with Crippen molar-refractivity contribution < 1.29 is 19.1 Å². The maximum absolute atomic E-state index is 12.3. The second kappa shape index (κ2) is 8.79. The van der Waals surface area contributed by atoms with E-state index in [0.717, 1.165) is 21.8 Å². The molecule has 148 valence electrons. The molecular weight excluding hydrogens is 378 g/mol. The fourth-order valence-electron chi connectivity index (χ4n) is 2.96. The van der Waals surface area contributed by atoms with Crippen LogP contribution in [0.4, 0.5) is 15.5 Å². The Morgan fingerprint density at radius 1 is 1.39 bits per heavy atom. The van der Waals surface area contributed by atoms with Gasteiger partial charge in [-0.05, 0) is 42.7 Å². The van der Waals surface area contributed by atoms with E-state index < -0.39 is 0 Å². The molecule has 0 saturated heterocycles. The van der Waals surface area contributed by atoms with Gasteiger partial charge in [-0.2, -0.15) is 0 Å². The first-order valence-electron chi connectivity index (χ1n) is 8.96. The lowest BCUT2D eigenvalue weighted by molar-refractivity contribution is -0.111. The number of thiophene rings is 1. The van der Waals surface area contributed by atoms with Crippen molar-refractivity contribution in [1.29, 1.82) is 0 Å². The van der Waals surface area contributed by atoms with E-state index in [4.69, 9.17) is 15.2 Å². The number of benzene rings is 1. The summed E-state index contributed by atoms with van der Waals surface area (Å²) in [5.41, 5.74) is 8.65. The number of nitrogen functional groups attached to an aromatic ring is 1. The smallest absolute Gasteiger partial charge is 0.410 e. The van der Waals surface area contributed by atoms with Crippen LogP contribution in [0.1, 0.15) is 22.9 Å². The minimum atomic E-state index is -0.327. The molecule has 7 nitrogen and oxygen atoms in total. The molecule has 2 aromatic rings. The molecule has 2 heterocycles. The molecule has 0 fully saturated rings. The van der Waals surface area contributed by atoms with Crippen molar-refractivity contribution in [3.05, 3.63) is 46.3 Å². The molecule has 0 bridgehead atoms. The van der Waals surface area contributed by atoms with Crippen LogP contribution in [0.3, 0.4) is 0 Å². The number of nitrogens with zero attached hydrogens (tertiary/aromatic N) is 1. The highest BCUT2D eigenvalue weighted by molar-refractivity contribution is 7.17. The molecule has 2 amide bonds. The van der Waals surface area contributed by atoms with E-state index in [1.807, 2.05) is 24.3 Å². The van der Waals surface area contributed by atoms with Crippen molar-refractivity contribution >= 4 is 40.1 Å². The van der Waals surface area contributed by atoms with Gasteiger partial charge in [0.25, 0.3) is 0 Å². The van der Waals surface area contributed by atoms with Gasteiger partial charge in [0.15, 0.2) is 0 Å². The SMILES string of the molecule is CCOC(=O)N1CCc2c(sc(NC(=O)/C=C/c3cccc(OC)c3)c2N)C1. The number of amides is 2. The zero-order chi connectivity index (χ0) is 20.1. The quantitative estimate of drug-likeness (QED) is 0.748. The minimum absolute atomic E-state index is 0.268. The van der Waals surface area contributed by atoms with Gasteiger partial charge in [-0.25, -0.2) is 4.79 Å². The van der Waals surface area contributed by atoms with Crippen molar-refractivity contribution in [1.82, 2.24) is 4.90 Å². The molecule has 0 radical (unpaired) electrons. The molecule has 28 heavy (non-hydrogen) atoms. The van der Waals surface area contributed by atoms with E-state index in [1.165, 1.54) is 17.4 Å². The predicted molar refractivity (Wildman–Crippen MR) is 111 cm³/mol. The minimum Gasteiger partial charge on any atom is -0.497 e. The molecule has 0 atom stereocenters. The van der Waals surface area contributed by atoms with Crippen molar-refractivity contribution in [2.45, 2.75) is 19.9 Å². The molecule has 3 N–H and O–H groups in total. The Morgan fingerprint density at radius 2 is 2.21 bits per heavy atom. The summed E-state index contributed by atoms with van der Waals surface area (Å²) in [5, 5.41) is 3.44. The van der Waals surface area contributed by atoms with Crippen molar-refractivity contribution in [2.75, 3.05) is 31.3 Å². The Kier molecular flexibility index (Phi) is 6.20. The second-order valence-electron chi connectivity index (χ2n) is 6.22. The molecule has 0 saturated carbocycles. The Hall–Kier alpha value is -3.00. The summed E-state index contributed by atoms with van der Waals surface area (Å²) in [4.78, 5) is 26.9. The number of carbonyl (C=O) groups is 2. The Balaban J connectivity index is 1.67. The van der Waals surface area contributed by atoms with Gasteiger partial charge in [0.2, 0.25) is 5.91 Å². The highest BCUT2D eigenvalue weighted by atomic mass is 32.1. The van der Waals surface area contributed by atoms with E-state index in [2.05, 4.69) is 5.32 Å². The fraction of sp³-hybridized carbons (Fsp3) is 0.300. The summed E-state index contributed by atoms with van der Waals surface area (Å²) in [6.45, 7) is 3.12. The van der Waals surface area contributed by atoms with E-state index in [-0.39, 0.29) is 12.0 Å². The van der Waals surface area contributed by atoms with Crippen LogP contribution in [0.5, 0.6) is 5.75 Å². The predicted octanol–water partition coefficient (Wildman–Crippen LogP) is 3.51. The van der Waals surface area contributed by atoms with Crippen molar-refractivity contribution in [3.63, 3.8) is 0 Å². The Morgan fingerprint density at radius 3 is 2.96 bits per heavy atom. The molecule has 1 aromatic heterocycles. The second-order valence-corrected chi connectivity index (χ2v) is 7.32. The average molecular weight is 401 g/mol. The molecule has 3 rings (SSSR count). The first kappa shape index (κ1) is 19.8. The zero-order valence-corrected chi connectivity index (χ0v) is 16.7. The van der Waals surface area contributed by atoms with Gasteiger partial charge in [0.1, 0.15) is 10.8 Å². The number of methoxy groups -OCH3 is 1. The summed E-state index contributed by atoms with van der Waals surface area (Å²) in [6, 6.07) is 7.42. The number of nitrogens with two attached hydrogens (primary N) is 1. The third-order valence-corrected chi connectivity index (χ3v) is 5.53. The normalized spacial score (nSPS) is 13.3.